The number of methoxy groups -OCH3 is 1. The summed E-state index contributed by atoms with van der Waals surface area (Å²) in [6.45, 7) is 5.37. The highest BCUT2D eigenvalue weighted by atomic mass is 16.5. The Kier molecular flexibility index (Phi) is 5.19. The van der Waals surface area contributed by atoms with Crippen molar-refractivity contribution in [2.45, 2.75) is 38.5 Å². The Hall–Kier alpha value is -1.97. The van der Waals surface area contributed by atoms with E-state index < -0.39 is 11.3 Å². The number of ether oxygens (including phenoxy) is 2. The van der Waals surface area contributed by atoms with E-state index in [9.17, 15) is 9.59 Å². The highest BCUT2D eigenvalue weighted by Gasteiger charge is 2.35. The minimum Gasteiger partial charge on any atom is -0.497 e. The zero-order chi connectivity index (χ0) is 15.2. The van der Waals surface area contributed by atoms with Crippen molar-refractivity contribution in [1.82, 2.24) is 0 Å². The van der Waals surface area contributed by atoms with Crippen LogP contribution in [0.4, 0.5) is 0 Å². The highest BCUT2D eigenvalue weighted by Crippen LogP contribution is 2.25. The summed E-state index contributed by atoms with van der Waals surface area (Å²) in [5.74, 6) is 0.660. The van der Waals surface area contributed by atoms with Crippen LogP contribution in [-0.2, 0) is 20.7 Å². The third-order valence-electron chi connectivity index (χ3n) is 2.49. The van der Waals surface area contributed by atoms with Gasteiger partial charge in [-0.05, 0) is 38.5 Å². The topological polar surface area (TPSA) is 65.0 Å². The van der Waals surface area contributed by atoms with Gasteiger partial charge >= 0.3 is 0 Å². The molecule has 1 atom stereocenters. The van der Waals surface area contributed by atoms with Crippen LogP contribution < -0.4 is 4.74 Å². The molecule has 0 heterocycles. The summed E-state index contributed by atoms with van der Waals surface area (Å²) in [5, 5.41) is 0. The zero-order valence-electron chi connectivity index (χ0n) is 12.2. The molecule has 108 valence electrons. The molecule has 0 amide bonds. The molecule has 1 aromatic carbocycles. The Balaban J connectivity index is 3.11. The first-order valence-corrected chi connectivity index (χ1v) is 6.22. The van der Waals surface area contributed by atoms with Crippen LogP contribution in [0, 0.1) is 0 Å². The van der Waals surface area contributed by atoms with E-state index in [0.717, 1.165) is 5.56 Å². The lowest BCUT2D eigenvalue weighted by Crippen LogP contribution is -2.41. The van der Waals surface area contributed by atoms with Gasteiger partial charge in [0.05, 0.1) is 12.7 Å². The Morgan fingerprint density at radius 3 is 2.55 bits per heavy atom. The van der Waals surface area contributed by atoms with Gasteiger partial charge in [0.1, 0.15) is 5.75 Å². The largest absolute Gasteiger partial charge is 0.497 e. The second-order valence-electron chi connectivity index (χ2n) is 5.41. The monoisotopic (exact) mass is 277 g/mol. The van der Waals surface area contributed by atoms with Gasteiger partial charge in [-0.2, -0.15) is 4.99 Å². The van der Waals surface area contributed by atoms with E-state index in [0.29, 0.717) is 12.0 Å². The van der Waals surface area contributed by atoms with E-state index in [1.807, 2.05) is 6.07 Å². The SMILES string of the molecule is COc1cccc(CC(C=O)(N=C=O)OC(C)(C)C)c1. The smallest absolute Gasteiger partial charge is 0.238 e. The van der Waals surface area contributed by atoms with Gasteiger partial charge in [-0.1, -0.05) is 12.1 Å². The van der Waals surface area contributed by atoms with Crippen LogP contribution in [0.2, 0.25) is 0 Å². The maximum atomic E-state index is 11.4. The molecule has 5 nitrogen and oxygen atoms in total. The molecule has 0 spiro atoms. The second kappa shape index (κ2) is 6.46. The van der Waals surface area contributed by atoms with Gasteiger partial charge in [-0.3, -0.25) is 4.79 Å². The molecule has 0 aliphatic rings. The molecule has 0 aliphatic carbocycles. The van der Waals surface area contributed by atoms with Crippen molar-refractivity contribution in [3.63, 3.8) is 0 Å². The van der Waals surface area contributed by atoms with Gasteiger partial charge in [-0.25, -0.2) is 4.79 Å². The highest BCUT2D eigenvalue weighted by molar-refractivity contribution is 5.65. The Bertz CT molecular complexity index is 515. The molecular weight excluding hydrogens is 258 g/mol. The molecule has 0 radical (unpaired) electrons. The number of isocyanates is 1. The summed E-state index contributed by atoms with van der Waals surface area (Å²) >= 11 is 0. The van der Waals surface area contributed by atoms with Crippen LogP contribution in [0.5, 0.6) is 5.75 Å². The maximum absolute atomic E-state index is 11.4. The lowest BCUT2D eigenvalue weighted by Gasteiger charge is -2.31. The van der Waals surface area contributed by atoms with Gasteiger partial charge in [0.2, 0.25) is 11.8 Å². The van der Waals surface area contributed by atoms with E-state index >= 15 is 0 Å². The molecule has 0 aromatic heterocycles. The molecule has 1 aromatic rings. The Morgan fingerprint density at radius 1 is 1.35 bits per heavy atom. The molecule has 0 N–H and O–H groups in total. The van der Waals surface area contributed by atoms with E-state index in [-0.39, 0.29) is 6.42 Å². The first-order chi connectivity index (χ1) is 9.34. The van der Waals surface area contributed by atoms with Crippen molar-refractivity contribution in [2.75, 3.05) is 7.11 Å². The van der Waals surface area contributed by atoms with Gasteiger partial charge in [0.15, 0.2) is 6.29 Å². The van der Waals surface area contributed by atoms with Gasteiger partial charge in [0.25, 0.3) is 0 Å². The van der Waals surface area contributed by atoms with Crippen molar-refractivity contribution >= 4 is 12.4 Å². The average molecular weight is 277 g/mol. The Labute approximate surface area is 118 Å². The predicted octanol–water partition coefficient (Wildman–Crippen LogP) is 2.28. The van der Waals surface area contributed by atoms with E-state index in [1.54, 1.807) is 46.1 Å². The third kappa shape index (κ3) is 4.61. The predicted molar refractivity (Wildman–Crippen MR) is 74.5 cm³/mol. The van der Waals surface area contributed by atoms with Crippen molar-refractivity contribution in [2.24, 2.45) is 4.99 Å². The molecule has 0 saturated heterocycles. The van der Waals surface area contributed by atoms with Crippen LogP contribution in [0.3, 0.4) is 0 Å². The summed E-state index contributed by atoms with van der Waals surface area (Å²) in [6.07, 6.45) is 2.09. The van der Waals surface area contributed by atoms with E-state index in [2.05, 4.69) is 4.99 Å². The molecule has 0 fully saturated rings. The lowest BCUT2D eigenvalue weighted by atomic mass is 10.0. The molecule has 0 saturated carbocycles. The van der Waals surface area contributed by atoms with E-state index in [1.165, 1.54) is 6.08 Å². The zero-order valence-corrected chi connectivity index (χ0v) is 12.2. The van der Waals surface area contributed by atoms with Crippen molar-refractivity contribution in [3.05, 3.63) is 29.8 Å². The lowest BCUT2D eigenvalue weighted by molar-refractivity contribution is -0.151. The fourth-order valence-corrected chi connectivity index (χ4v) is 1.87. The number of hydrogen-bond donors (Lipinski definition) is 0. The van der Waals surface area contributed by atoms with Crippen molar-refractivity contribution in [3.8, 4) is 5.75 Å². The van der Waals surface area contributed by atoms with Crippen LogP contribution in [0.15, 0.2) is 29.3 Å². The van der Waals surface area contributed by atoms with Gasteiger partial charge in [-0.15, -0.1) is 0 Å². The molecule has 20 heavy (non-hydrogen) atoms. The first kappa shape index (κ1) is 16.1. The first-order valence-electron chi connectivity index (χ1n) is 6.22. The van der Waals surface area contributed by atoms with Gasteiger partial charge in [0, 0.05) is 6.42 Å². The summed E-state index contributed by atoms with van der Waals surface area (Å²) in [5.41, 5.74) is -1.41. The quantitative estimate of drug-likeness (QED) is 0.454. The second-order valence-corrected chi connectivity index (χ2v) is 5.41. The number of aldehydes is 1. The summed E-state index contributed by atoms with van der Waals surface area (Å²) in [7, 11) is 1.56. The van der Waals surface area contributed by atoms with Crippen LogP contribution in [0.1, 0.15) is 26.3 Å². The maximum Gasteiger partial charge on any atom is 0.238 e. The van der Waals surface area contributed by atoms with Crippen LogP contribution in [-0.4, -0.2) is 30.8 Å². The molecular formula is C15H19NO4. The summed E-state index contributed by atoms with van der Waals surface area (Å²) < 4.78 is 10.8. The summed E-state index contributed by atoms with van der Waals surface area (Å²) in [4.78, 5) is 25.6. The minimum absolute atomic E-state index is 0.139. The number of rotatable bonds is 6. The van der Waals surface area contributed by atoms with Gasteiger partial charge < -0.3 is 9.47 Å². The number of aliphatic imine (C=N–C) groups is 1. The van der Waals surface area contributed by atoms with Crippen molar-refractivity contribution < 1.29 is 19.1 Å². The van der Waals surface area contributed by atoms with E-state index in [4.69, 9.17) is 9.47 Å². The molecule has 1 unspecified atom stereocenters. The summed E-state index contributed by atoms with van der Waals surface area (Å²) in [6, 6.07) is 7.17. The average Bonchev–Trinajstić information content (AvgIpc) is 2.37. The number of hydrogen-bond acceptors (Lipinski definition) is 5. The Morgan fingerprint density at radius 2 is 2.05 bits per heavy atom. The molecule has 1 rings (SSSR count). The fraction of sp³-hybridized carbons (Fsp3) is 0.467. The molecule has 0 aliphatic heterocycles. The van der Waals surface area contributed by atoms with Crippen LogP contribution >= 0.6 is 0 Å². The number of carbonyl (C=O) groups excluding carboxylic acids is 2. The van der Waals surface area contributed by atoms with Crippen molar-refractivity contribution in [1.29, 1.82) is 0 Å². The number of benzene rings is 1. The van der Waals surface area contributed by atoms with Crippen LogP contribution in [0.25, 0.3) is 0 Å². The third-order valence-corrected chi connectivity index (χ3v) is 2.49. The molecule has 0 bridgehead atoms. The normalized spacial score (nSPS) is 14.0. The fourth-order valence-electron chi connectivity index (χ4n) is 1.87. The molecule has 5 heteroatoms. The number of carbonyl (C=O) groups is 1. The number of nitrogens with zero attached hydrogens (tertiary/aromatic N) is 1. The standard InChI is InChI=1S/C15H19NO4/c1-14(2,3)20-15(10-17,16-11-18)9-12-6-5-7-13(8-12)19-4/h5-8,10H,9H2,1-4H3. The minimum atomic E-state index is -1.56.